The molecule has 0 spiro atoms. The summed E-state index contributed by atoms with van der Waals surface area (Å²) in [7, 11) is 3.02. The van der Waals surface area contributed by atoms with Gasteiger partial charge in [-0.15, -0.1) is 0 Å². The van der Waals surface area contributed by atoms with Crippen LogP contribution in [0.5, 0.6) is 11.5 Å². The maximum atomic E-state index is 13.0. The number of ether oxygens (including phenoxy) is 2. The smallest absolute Gasteiger partial charge is 0.280 e. The average Bonchev–Trinajstić information content (AvgIpc) is 3.54. The van der Waals surface area contributed by atoms with Crippen molar-refractivity contribution in [3.63, 3.8) is 0 Å². The minimum atomic E-state index is -0.449. The molecule has 27 heavy (non-hydrogen) atoms. The van der Waals surface area contributed by atoms with Crippen LogP contribution in [-0.4, -0.2) is 29.8 Å². The number of benzene rings is 2. The Hall–Kier alpha value is -3.35. The highest BCUT2D eigenvalue weighted by Crippen LogP contribution is 2.38. The Bertz CT molecular complexity index is 1090. The standard InChI is InChI=1S/C20H19N3O4/c1-26-13-9-10-15(17(11-13)27-2)19(24)22-23-18(12-7-8-12)21-16-6-4-3-5-14(16)20(23)25/h3-6,9-12H,7-8H2,1-2H3,(H,22,24). The van der Waals surface area contributed by atoms with Gasteiger partial charge in [-0.05, 0) is 37.1 Å². The van der Waals surface area contributed by atoms with E-state index < -0.39 is 5.91 Å². The maximum Gasteiger partial charge on any atom is 0.280 e. The SMILES string of the molecule is COc1ccc(C(=O)Nn2c(C3CC3)nc3ccccc3c2=O)c(OC)c1. The van der Waals surface area contributed by atoms with Gasteiger partial charge in [-0.3, -0.25) is 15.0 Å². The fourth-order valence-electron chi connectivity index (χ4n) is 3.02. The first-order valence-corrected chi connectivity index (χ1v) is 8.67. The van der Waals surface area contributed by atoms with Gasteiger partial charge in [-0.1, -0.05) is 12.1 Å². The van der Waals surface area contributed by atoms with Gasteiger partial charge in [0.15, 0.2) is 0 Å². The molecule has 1 aliphatic rings. The molecule has 3 aromatic rings. The number of para-hydroxylation sites is 1. The summed E-state index contributed by atoms with van der Waals surface area (Å²) in [5.74, 6) is 1.25. The van der Waals surface area contributed by atoms with Gasteiger partial charge in [-0.2, -0.15) is 0 Å². The number of hydrogen-bond donors (Lipinski definition) is 1. The van der Waals surface area contributed by atoms with Gasteiger partial charge < -0.3 is 9.47 Å². The number of nitrogens with one attached hydrogen (secondary N) is 1. The van der Waals surface area contributed by atoms with Crippen molar-refractivity contribution >= 4 is 16.8 Å². The van der Waals surface area contributed by atoms with Crippen LogP contribution in [0.25, 0.3) is 10.9 Å². The van der Waals surface area contributed by atoms with Crippen molar-refractivity contribution in [1.82, 2.24) is 9.66 Å². The lowest BCUT2D eigenvalue weighted by Gasteiger charge is -2.15. The Labute approximate surface area is 155 Å². The van der Waals surface area contributed by atoms with Crippen LogP contribution in [0.4, 0.5) is 0 Å². The third kappa shape index (κ3) is 3.12. The van der Waals surface area contributed by atoms with E-state index in [1.54, 1.807) is 36.4 Å². The van der Waals surface area contributed by atoms with Crippen LogP contribution in [-0.2, 0) is 0 Å². The lowest BCUT2D eigenvalue weighted by Crippen LogP contribution is -2.36. The molecule has 0 radical (unpaired) electrons. The molecule has 2 aromatic carbocycles. The predicted octanol–water partition coefficient (Wildman–Crippen LogP) is 2.68. The van der Waals surface area contributed by atoms with Gasteiger partial charge in [0.1, 0.15) is 17.3 Å². The molecular formula is C20H19N3O4. The third-order valence-electron chi connectivity index (χ3n) is 4.61. The van der Waals surface area contributed by atoms with Crippen LogP contribution in [0.1, 0.15) is 34.9 Å². The first-order valence-electron chi connectivity index (χ1n) is 8.67. The summed E-state index contributed by atoms with van der Waals surface area (Å²) in [6.45, 7) is 0. The molecule has 1 fully saturated rings. The van der Waals surface area contributed by atoms with Crippen LogP contribution in [0.2, 0.25) is 0 Å². The van der Waals surface area contributed by atoms with E-state index in [0.717, 1.165) is 12.8 Å². The summed E-state index contributed by atoms with van der Waals surface area (Å²) in [6.07, 6.45) is 1.90. The van der Waals surface area contributed by atoms with E-state index in [4.69, 9.17) is 9.47 Å². The second-order valence-electron chi connectivity index (χ2n) is 6.41. The summed E-state index contributed by atoms with van der Waals surface area (Å²) in [6, 6.07) is 12.0. The van der Waals surface area contributed by atoms with Gasteiger partial charge >= 0.3 is 0 Å². The molecule has 0 unspecified atom stereocenters. The highest BCUT2D eigenvalue weighted by molar-refractivity contribution is 6.02. The molecule has 1 aromatic heterocycles. The molecule has 1 N–H and O–H groups in total. The molecule has 0 atom stereocenters. The molecule has 1 heterocycles. The van der Waals surface area contributed by atoms with Crippen LogP contribution in [0, 0.1) is 0 Å². The normalized spacial score (nSPS) is 13.4. The van der Waals surface area contributed by atoms with Crippen molar-refractivity contribution in [2.24, 2.45) is 0 Å². The Morgan fingerprint density at radius 3 is 2.63 bits per heavy atom. The van der Waals surface area contributed by atoms with Crippen LogP contribution >= 0.6 is 0 Å². The minimum absolute atomic E-state index is 0.181. The number of nitrogens with zero attached hydrogens (tertiary/aromatic N) is 2. The van der Waals surface area contributed by atoms with Gasteiger partial charge in [0.25, 0.3) is 11.5 Å². The molecule has 7 heteroatoms. The van der Waals surface area contributed by atoms with Crippen molar-refractivity contribution in [2.45, 2.75) is 18.8 Å². The van der Waals surface area contributed by atoms with Crippen molar-refractivity contribution in [3.8, 4) is 11.5 Å². The highest BCUT2D eigenvalue weighted by atomic mass is 16.5. The van der Waals surface area contributed by atoms with Crippen molar-refractivity contribution in [2.75, 3.05) is 19.6 Å². The van der Waals surface area contributed by atoms with Gasteiger partial charge in [-0.25, -0.2) is 9.66 Å². The number of carbonyl (C=O) groups excluding carboxylic acids is 1. The lowest BCUT2D eigenvalue weighted by molar-refractivity contribution is 0.100. The quantitative estimate of drug-likeness (QED) is 0.752. The molecule has 1 aliphatic carbocycles. The van der Waals surface area contributed by atoms with E-state index in [9.17, 15) is 9.59 Å². The molecule has 0 aliphatic heterocycles. The highest BCUT2D eigenvalue weighted by Gasteiger charge is 2.30. The number of rotatable bonds is 5. The summed E-state index contributed by atoms with van der Waals surface area (Å²) in [5.41, 5.74) is 3.36. The van der Waals surface area contributed by atoms with Crippen molar-refractivity contribution in [3.05, 3.63) is 64.2 Å². The number of fused-ring (bicyclic) bond motifs is 1. The number of amides is 1. The Balaban J connectivity index is 1.77. The lowest BCUT2D eigenvalue weighted by atomic mass is 10.2. The minimum Gasteiger partial charge on any atom is -0.497 e. The molecule has 0 saturated heterocycles. The monoisotopic (exact) mass is 365 g/mol. The van der Waals surface area contributed by atoms with Gasteiger partial charge in [0.2, 0.25) is 0 Å². The summed E-state index contributed by atoms with van der Waals surface area (Å²) < 4.78 is 11.7. The average molecular weight is 365 g/mol. The molecule has 1 amide bonds. The Morgan fingerprint density at radius 2 is 1.93 bits per heavy atom. The van der Waals surface area contributed by atoms with E-state index in [-0.39, 0.29) is 11.5 Å². The Kier molecular flexibility index (Phi) is 4.27. The number of carbonyl (C=O) groups is 1. The number of methoxy groups -OCH3 is 2. The zero-order valence-electron chi connectivity index (χ0n) is 15.1. The summed E-state index contributed by atoms with van der Waals surface area (Å²) >= 11 is 0. The zero-order valence-corrected chi connectivity index (χ0v) is 15.1. The first kappa shape index (κ1) is 17.1. The predicted molar refractivity (Wildman–Crippen MR) is 101 cm³/mol. The molecular weight excluding hydrogens is 346 g/mol. The van der Waals surface area contributed by atoms with Crippen LogP contribution in [0.3, 0.4) is 0 Å². The molecule has 7 nitrogen and oxygen atoms in total. The zero-order chi connectivity index (χ0) is 19.0. The third-order valence-corrected chi connectivity index (χ3v) is 4.61. The fraction of sp³-hybridized carbons (Fsp3) is 0.250. The topological polar surface area (TPSA) is 82.5 Å². The van der Waals surface area contributed by atoms with Crippen LogP contribution in [0.15, 0.2) is 47.3 Å². The first-order chi connectivity index (χ1) is 13.1. The molecule has 0 bridgehead atoms. The summed E-state index contributed by atoms with van der Waals surface area (Å²) in [5, 5.41) is 0.462. The molecule has 1 saturated carbocycles. The largest absolute Gasteiger partial charge is 0.497 e. The fourth-order valence-corrected chi connectivity index (χ4v) is 3.02. The van der Waals surface area contributed by atoms with E-state index in [1.165, 1.54) is 18.9 Å². The molecule has 138 valence electrons. The second kappa shape index (κ2) is 6.75. The van der Waals surface area contributed by atoms with Crippen molar-refractivity contribution < 1.29 is 14.3 Å². The van der Waals surface area contributed by atoms with Crippen molar-refractivity contribution in [1.29, 1.82) is 0 Å². The maximum absolute atomic E-state index is 13.0. The summed E-state index contributed by atoms with van der Waals surface area (Å²) in [4.78, 5) is 30.4. The second-order valence-corrected chi connectivity index (χ2v) is 6.41. The Morgan fingerprint density at radius 1 is 1.15 bits per heavy atom. The molecule has 4 rings (SSSR count). The van der Waals surface area contributed by atoms with E-state index in [2.05, 4.69) is 10.4 Å². The van der Waals surface area contributed by atoms with E-state index >= 15 is 0 Å². The van der Waals surface area contributed by atoms with Gasteiger partial charge in [0, 0.05) is 12.0 Å². The van der Waals surface area contributed by atoms with E-state index in [0.29, 0.717) is 33.8 Å². The van der Waals surface area contributed by atoms with Gasteiger partial charge in [0.05, 0.1) is 30.7 Å². The number of aromatic nitrogens is 2. The van der Waals surface area contributed by atoms with Crippen LogP contribution < -0.4 is 20.5 Å². The van der Waals surface area contributed by atoms with E-state index in [1.807, 2.05) is 6.07 Å². The number of hydrogen-bond acceptors (Lipinski definition) is 5.